The maximum atomic E-state index is 12.2. The molecule has 9 heteroatoms. The number of aryl methyl sites for hydroxylation is 1. The van der Waals surface area contributed by atoms with Crippen LogP contribution in [0.2, 0.25) is 0 Å². The molecule has 3 rings (SSSR count). The lowest BCUT2D eigenvalue weighted by Gasteiger charge is -2.08. The molecule has 8 nitrogen and oxygen atoms in total. The highest BCUT2D eigenvalue weighted by Gasteiger charge is 2.24. The van der Waals surface area contributed by atoms with Gasteiger partial charge >= 0.3 is 5.97 Å². The van der Waals surface area contributed by atoms with Gasteiger partial charge in [0.1, 0.15) is 5.01 Å². The van der Waals surface area contributed by atoms with E-state index < -0.39 is 30.2 Å². The summed E-state index contributed by atoms with van der Waals surface area (Å²) in [4.78, 5) is 40.4. The van der Waals surface area contributed by atoms with Crippen molar-refractivity contribution in [3.8, 4) is 6.07 Å². The molecule has 1 amide bonds. The molecule has 0 radical (unpaired) electrons. The summed E-state index contributed by atoms with van der Waals surface area (Å²) in [6.45, 7) is 1.23. The molecule has 0 saturated heterocycles. The molecular formula is C20H15N3O5S. The van der Waals surface area contributed by atoms with E-state index in [0.29, 0.717) is 16.4 Å². The van der Waals surface area contributed by atoms with Crippen LogP contribution in [0.15, 0.2) is 52.5 Å². The molecule has 29 heavy (non-hydrogen) atoms. The second-order valence-corrected chi connectivity index (χ2v) is 6.83. The largest absolute Gasteiger partial charge is 0.459 e. The van der Waals surface area contributed by atoms with Gasteiger partial charge in [0.15, 0.2) is 24.1 Å². The highest BCUT2D eigenvalue weighted by Crippen LogP contribution is 2.21. The summed E-state index contributed by atoms with van der Waals surface area (Å²) in [6.07, 6.45) is 1.39. The highest BCUT2D eigenvalue weighted by molar-refractivity contribution is 7.09. The van der Waals surface area contributed by atoms with Crippen LogP contribution in [0.3, 0.4) is 0 Å². The van der Waals surface area contributed by atoms with Gasteiger partial charge in [-0.3, -0.25) is 9.59 Å². The fraction of sp³-hybridized carbons (Fsp3) is 0.150. The minimum atomic E-state index is -1.07. The molecule has 0 bridgehead atoms. The Labute approximate surface area is 169 Å². The van der Waals surface area contributed by atoms with Gasteiger partial charge in [0.05, 0.1) is 17.9 Å². The zero-order valence-corrected chi connectivity index (χ0v) is 16.1. The van der Waals surface area contributed by atoms with Gasteiger partial charge in [-0.05, 0) is 43.3 Å². The first kappa shape index (κ1) is 20.0. The van der Waals surface area contributed by atoms with Crippen LogP contribution in [0.1, 0.15) is 37.5 Å². The Bertz CT molecular complexity index is 1060. The predicted octanol–water partition coefficient (Wildman–Crippen LogP) is 3.33. The molecule has 0 spiro atoms. The van der Waals surface area contributed by atoms with Crippen LogP contribution in [0.4, 0.5) is 5.69 Å². The monoisotopic (exact) mass is 409 g/mol. The Balaban J connectivity index is 1.56. The number of anilines is 1. The Hall–Kier alpha value is -3.77. The van der Waals surface area contributed by atoms with Crippen molar-refractivity contribution in [1.82, 2.24) is 4.98 Å². The second kappa shape index (κ2) is 8.95. The predicted molar refractivity (Wildman–Crippen MR) is 104 cm³/mol. The van der Waals surface area contributed by atoms with Gasteiger partial charge in [-0.15, -0.1) is 11.3 Å². The van der Waals surface area contributed by atoms with Crippen molar-refractivity contribution in [3.63, 3.8) is 0 Å². The summed E-state index contributed by atoms with van der Waals surface area (Å²) in [7, 11) is 0. The number of Topliss-reactive ketones (excluding diaryl/α,β-unsaturated/α-hetero) is 1. The van der Waals surface area contributed by atoms with Crippen molar-refractivity contribution in [2.45, 2.75) is 12.8 Å². The Morgan fingerprint density at radius 2 is 2.03 bits per heavy atom. The smallest absolute Gasteiger partial charge is 0.338 e. The number of hydrogen-bond acceptors (Lipinski definition) is 8. The van der Waals surface area contributed by atoms with Gasteiger partial charge in [-0.1, -0.05) is 0 Å². The molecular weight excluding hydrogens is 394 g/mol. The molecule has 0 saturated carbocycles. The van der Waals surface area contributed by atoms with E-state index in [-0.39, 0.29) is 11.3 Å². The Morgan fingerprint density at radius 1 is 1.28 bits per heavy atom. The summed E-state index contributed by atoms with van der Waals surface area (Å²) in [5, 5.41) is 14.0. The third-order valence-electron chi connectivity index (χ3n) is 3.80. The van der Waals surface area contributed by atoms with Crippen molar-refractivity contribution >= 4 is 34.7 Å². The lowest BCUT2D eigenvalue weighted by molar-refractivity contribution is -0.122. The number of amides is 1. The van der Waals surface area contributed by atoms with Crippen LogP contribution in [0, 0.1) is 18.3 Å². The lowest BCUT2D eigenvalue weighted by Crippen LogP contribution is -2.20. The van der Waals surface area contributed by atoms with Crippen LogP contribution < -0.4 is 5.32 Å². The number of nitrogens with one attached hydrogen (secondary N) is 1. The Kier molecular flexibility index (Phi) is 6.16. The molecule has 2 aromatic heterocycles. The number of nitriles is 1. The summed E-state index contributed by atoms with van der Waals surface area (Å²) in [6, 6.07) is 11.0. The van der Waals surface area contributed by atoms with Crippen molar-refractivity contribution in [1.29, 1.82) is 5.26 Å². The average Bonchev–Trinajstić information content (AvgIpc) is 3.39. The molecule has 0 aliphatic rings. The highest BCUT2D eigenvalue weighted by atomic mass is 32.1. The number of ether oxygens (including phenoxy) is 1. The van der Waals surface area contributed by atoms with Gasteiger partial charge < -0.3 is 14.5 Å². The van der Waals surface area contributed by atoms with Gasteiger partial charge in [0, 0.05) is 16.8 Å². The van der Waals surface area contributed by atoms with E-state index in [4.69, 9.17) is 9.15 Å². The summed E-state index contributed by atoms with van der Waals surface area (Å²) >= 11 is 1.21. The van der Waals surface area contributed by atoms with E-state index in [1.165, 1.54) is 47.9 Å². The number of ketones is 1. The van der Waals surface area contributed by atoms with Crippen LogP contribution in [-0.2, 0) is 9.53 Å². The quantitative estimate of drug-likeness (QED) is 0.594. The van der Waals surface area contributed by atoms with Crippen LogP contribution in [0.5, 0.6) is 0 Å². The van der Waals surface area contributed by atoms with Crippen molar-refractivity contribution < 1.29 is 23.5 Å². The minimum Gasteiger partial charge on any atom is -0.459 e. The van der Waals surface area contributed by atoms with Gasteiger partial charge in [-0.25, -0.2) is 9.78 Å². The van der Waals surface area contributed by atoms with E-state index >= 15 is 0 Å². The number of esters is 1. The zero-order valence-electron chi connectivity index (χ0n) is 15.2. The topological polar surface area (TPSA) is 122 Å². The number of rotatable bonds is 7. The fourth-order valence-electron chi connectivity index (χ4n) is 2.36. The van der Waals surface area contributed by atoms with E-state index in [1.54, 1.807) is 18.4 Å². The van der Waals surface area contributed by atoms with Crippen molar-refractivity contribution in [2.24, 2.45) is 0 Å². The summed E-state index contributed by atoms with van der Waals surface area (Å²) in [5.74, 6) is -2.59. The third kappa shape index (κ3) is 4.94. The summed E-state index contributed by atoms with van der Waals surface area (Å²) in [5.41, 5.74) is 1.38. The van der Waals surface area contributed by atoms with Crippen molar-refractivity contribution in [3.05, 3.63) is 70.1 Å². The molecule has 2 heterocycles. The molecule has 0 aliphatic carbocycles. The molecule has 0 aliphatic heterocycles. The maximum absolute atomic E-state index is 12.2. The normalized spacial score (nSPS) is 11.3. The number of benzene rings is 1. The second-order valence-electron chi connectivity index (χ2n) is 5.94. The van der Waals surface area contributed by atoms with Gasteiger partial charge in [0.25, 0.3) is 5.91 Å². The number of thiazole rings is 1. The third-order valence-corrected chi connectivity index (χ3v) is 4.83. The van der Waals surface area contributed by atoms with Crippen LogP contribution in [-0.4, -0.2) is 29.3 Å². The fourth-order valence-corrected chi connectivity index (χ4v) is 3.22. The molecule has 1 atom stereocenters. The molecule has 146 valence electrons. The van der Waals surface area contributed by atoms with E-state index in [2.05, 4.69) is 10.3 Å². The molecule has 1 aromatic carbocycles. The number of aromatic nitrogens is 1. The standard InChI is InChI=1S/C20H15N3O5S/c1-12-11-29-19(22-12)15(9-21)16(24)10-28-20(26)13-4-6-14(7-5-13)23-18(25)17-3-2-8-27-17/h2-8,11,15H,10H2,1H3,(H,23,25)/t15-/m1/s1. The van der Waals surface area contributed by atoms with Gasteiger partial charge in [0.2, 0.25) is 0 Å². The van der Waals surface area contributed by atoms with Crippen LogP contribution >= 0.6 is 11.3 Å². The first-order chi connectivity index (χ1) is 14.0. The maximum Gasteiger partial charge on any atom is 0.338 e. The Morgan fingerprint density at radius 3 is 2.62 bits per heavy atom. The van der Waals surface area contributed by atoms with E-state index in [9.17, 15) is 19.6 Å². The van der Waals surface area contributed by atoms with E-state index in [0.717, 1.165) is 0 Å². The SMILES string of the molecule is Cc1csc([C@H](C#N)C(=O)COC(=O)c2ccc(NC(=O)c3ccco3)cc2)n1. The first-order valence-corrected chi connectivity index (χ1v) is 9.32. The average molecular weight is 409 g/mol. The lowest BCUT2D eigenvalue weighted by atomic mass is 10.1. The number of carbonyl (C=O) groups excluding carboxylic acids is 3. The zero-order chi connectivity index (χ0) is 20.8. The first-order valence-electron chi connectivity index (χ1n) is 8.44. The number of furan rings is 1. The molecule has 3 aromatic rings. The molecule has 0 fully saturated rings. The number of carbonyl (C=O) groups is 3. The molecule has 1 N–H and O–H groups in total. The minimum absolute atomic E-state index is 0.162. The number of nitrogens with zero attached hydrogens (tertiary/aromatic N) is 2. The summed E-state index contributed by atoms with van der Waals surface area (Å²) < 4.78 is 10.0. The molecule has 0 unspecified atom stereocenters. The van der Waals surface area contributed by atoms with Gasteiger partial charge in [-0.2, -0.15) is 5.26 Å². The van der Waals surface area contributed by atoms with Crippen molar-refractivity contribution in [2.75, 3.05) is 11.9 Å². The number of hydrogen-bond donors (Lipinski definition) is 1. The van der Waals surface area contributed by atoms with E-state index in [1.807, 2.05) is 6.07 Å². The van der Waals surface area contributed by atoms with Crippen LogP contribution in [0.25, 0.3) is 0 Å².